The third-order valence-electron chi connectivity index (χ3n) is 6.45. The van der Waals surface area contributed by atoms with Crippen LogP contribution < -0.4 is 9.21 Å². The summed E-state index contributed by atoms with van der Waals surface area (Å²) in [6.07, 6.45) is 0. The lowest BCUT2D eigenvalue weighted by Gasteiger charge is -2.35. The first kappa shape index (κ1) is 23.3. The standard InChI is InChI=1S/C27H29N5O2S/c1-21-12-14-23(15-13-21)35(33,34)30(2)26-24-10-6-7-11-25(24)28-27(29-26)32-18-16-31(17-19-32)20-22-8-4-3-5-9-22/h3-15H,16-20H2,1-2H3. The second kappa shape index (κ2) is 9.64. The lowest BCUT2D eigenvalue weighted by Crippen LogP contribution is -2.46. The van der Waals surface area contributed by atoms with Crippen LogP contribution in [0.1, 0.15) is 11.1 Å². The van der Waals surface area contributed by atoms with Crippen molar-refractivity contribution < 1.29 is 8.42 Å². The highest BCUT2D eigenvalue weighted by molar-refractivity contribution is 7.92. The minimum absolute atomic E-state index is 0.240. The van der Waals surface area contributed by atoms with Gasteiger partial charge in [0.25, 0.3) is 10.0 Å². The molecule has 1 fully saturated rings. The molecule has 0 spiro atoms. The van der Waals surface area contributed by atoms with Crippen molar-refractivity contribution in [2.75, 3.05) is 42.4 Å². The summed E-state index contributed by atoms with van der Waals surface area (Å²) in [7, 11) is -2.21. The average molecular weight is 488 g/mol. The van der Waals surface area contributed by atoms with Gasteiger partial charge in [-0.05, 0) is 36.8 Å². The molecule has 4 aromatic rings. The second-order valence-electron chi connectivity index (χ2n) is 8.90. The van der Waals surface area contributed by atoms with Gasteiger partial charge in [0.05, 0.1) is 10.4 Å². The van der Waals surface area contributed by atoms with Crippen LogP contribution in [-0.4, -0.2) is 56.5 Å². The highest BCUT2D eigenvalue weighted by atomic mass is 32.2. The van der Waals surface area contributed by atoms with E-state index < -0.39 is 10.0 Å². The Morgan fingerprint density at radius 2 is 1.49 bits per heavy atom. The number of hydrogen-bond acceptors (Lipinski definition) is 6. The first-order valence-electron chi connectivity index (χ1n) is 11.8. The van der Waals surface area contributed by atoms with E-state index in [0.29, 0.717) is 17.2 Å². The van der Waals surface area contributed by atoms with Gasteiger partial charge < -0.3 is 4.90 Å². The molecule has 1 aliphatic rings. The summed E-state index contributed by atoms with van der Waals surface area (Å²) in [4.78, 5) is 14.4. The van der Waals surface area contributed by atoms with Gasteiger partial charge in [0.1, 0.15) is 0 Å². The van der Waals surface area contributed by atoms with Gasteiger partial charge in [0.2, 0.25) is 5.95 Å². The van der Waals surface area contributed by atoms with Crippen LogP contribution in [-0.2, 0) is 16.6 Å². The SMILES string of the molecule is Cc1ccc(S(=O)(=O)N(C)c2nc(N3CCN(Cc4ccccc4)CC3)nc3ccccc23)cc1. The van der Waals surface area contributed by atoms with Crippen LogP contribution in [0.25, 0.3) is 10.9 Å². The van der Waals surface area contributed by atoms with E-state index in [1.54, 1.807) is 31.3 Å². The summed E-state index contributed by atoms with van der Waals surface area (Å²) >= 11 is 0. The molecule has 2 heterocycles. The number of para-hydroxylation sites is 1. The number of fused-ring (bicyclic) bond motifs is 1. The van der Waals surface area contributed by atoms with E-state index in [0.717, 1.165) is 43.8 Å². The predicted molar refractivity (Wildman–Crippen MR) is 140 cm³/mol. The lowest BCUT2D eigenvalue weighted by molar-refractivity contribution is 0.249. The van der Waals surface area contributed by atoms with Crippen LogP contribution in [0, 0.1) is 6.92 Å². The number of anilines is 2. The summed E-state index contributed by atoms with van der Waals surface area (Å²) in [6, 6.07) is 24.9. The molecule has 1 aromatic heterocycles. The van der Waals surface area contributed by atoms with Crippen molar-refractivity contribution in [2.24, 2.45) is 0 Å². The Labute approximate surface area is 206 Å². The van der Waals surface area contributed by atoms with Crippen molar-refractivity contribution in [1.29, 1.82) is 0 Å². The van der Waals surface area contributed by atoms with E-state index >= 15 is 0 Å². The molecular weight excluding hydrogens is 458 g/mol. The molecule has 5 rings (SSSR count). The molecule has 0 bridgehead atoms. The molecule has 0 unspecified atom stereocenters. The maximum absolute atomic E-state index is 13.4. The Hall–Kier alpha value is -3.49. The van der Waals surface area contributed by atoms with Crippen molar-refractivity contribution in [3.63, 3.8) is 0 Å². The molecule has 0 radical (unpaired) electrons. The number of benzene rings is 3. The van der Waals surface area contributed by atoms with Gasteiger partial charge in [-0.15, -0.1) is 0 Å². The number of hydrogen-bond donors (Lipinski definition) is 0. The summed E-state index contributed by atoms with van der Waals surface area (Å²) in [5.41, 5.74) is 3.03. The predicted octanol–water partition coefficient (Wildman–Crippen LogP) is 4.09. The zero-order chi connectivity index (χ0) is 24.4. The van der Waals surface area contributed by atoms with Gasteiger partial charge in [-0.25, -0.2) is 13.4 Å². The molecule has 0 saturated carbocycles. The Morgan fingerprint density at radius 1 is 0.829 bits per heavy atom. The summed E-state index contributed by atoms with van der Waals surface area (Å²) < 4.78 is 28.1. The second-order valence-corrected chi connectivity index (χ2v) is 10.9. The normalized spacial score (nSPS) is 14.9. The van der Waals surface area contributed by atoms with E-state index in [-0.39, 0.29) is 4.90 Å². The van der Waals surface area contributed by atoms with Crippen molar-refractivity contribution in [2.45, 2.75) is 18.4 Å². The van der Waals surface area contributed by atoms with Gasteiger partial charge in [-0.1, -0.05) is 60.2 Å². The fourth-order valence-electron chi connectivity index (χ4n) is 4.36. The Balaban J connectivity index is 1.43. The first-order chi connectivity index (χ1) is 16.9. The first-order valence-corrected chi connectivity index (χ1v) is 13.2. The minimum atomic E-state index is -3.77. The molecule has 3 aromatic carbocycles. The average Bonchev–Trinajstić information content (AvgIpc) is 2.89. The van der Waals surface area contributed by atoms with Crippen molar-refractivity contribution in [1.82, 2.24) is 14.9 Å². The number of sulfonamides is 1. The van der Waals surface area contributed by atoms with E-state index in [2.05, 4.69) is 34.1 Å². The molecule has 1 aliphatic heterocycles. The van der Waals surface area contributed by atoms with Gasteiger partial charge in [0, 0.05) is 45.2 Å². The number of aryl methyl sites for hydroxylation is 1. The Kier molecular flexibility index (Phi) is 6.40. The maximum Gasteiger partial charge on any atom is 0.265 e. The smallest absolute Gasteiger partial charge is 0.265 e. The number of rotatable bonds is 6. The van der Waals surface area contributed by atoms with E-state index in [4.69, 9.17) is 9.97 Å². The van der Waals surface area contributed by atoms with E-state index in [1.165, 1.54) is 9.87 Å². The molecule has 8 heteroatoms. The Bertz CT molecular complexity index is 1420. The molecule has 1 saturated heterocycles. The van der Waals surface area contributed by atoms with Gasteiger partial charge in [-0.2, -0.15) is 4.98 Å². The summed E-state index contributed by atoms with van der Waals surface area (Å²) in [5, 5.41) is 0.706. The van der Waals surface area contributed by atoms with Crippen LogP contribution in [0.3, 0.4) is 0 Å². The molecule has 0 N–H and O–H groups in total. The quantitative estimate of drug-likeness (QED) is 0.408. The molecule has 0 amide bonds. The number of aromatic nitrogens is 2. The van der Waals surface area contributed by atoms with Crippen LogP contribution >= 0.6 is 0 Å². The maximum atomic E-state index is 13.4. The van der Waals surface area contributed by atoms with Crippen LogP contribution in [0.4, 0.5) is 11.8 Å². The van der Waals surface area contributed by atoms with E-state index in [9.17, 15) is 8.42 Å². The number of piperazine rings is 1. The van der Waals surface area contributed by atoms with Gasteiger partial charge >= 0.3 is 0 Å². The topological polar surface area (TPSA) is 69.6 Å². The molecule has 35 heavy (non-hydrogen) atoms. The largest absolute Gasteiger partial charge is 0.338 e. The number of nitrogens with zero attached hydrogens (tertiary/aromatic N) is 5. The zero-order valence-corrected chi connectivity index (χ0v) is 20.8. The van der Waals surface area contributed by atoms with E-state index in [1.807, 2.05) is 37.3 Å². The molecular formula is C27H29N5O2S. The Morgan fingerprint density at radius 3 is 2.20 bits per heavy atom. The van der Waals surface area contributed by atoms with Gasteiger partial charge in [-0.3, -0.25) is 9.21 Å². The third-order valence-corrected chi connectivity index (χ3v) is 8.21. The van der Waals surface area contributed by atoms with Gasteiger partial charge in [0.15, 0.2) is 5.82 Å². The molecule has 0 aliphatic carbocycles. The van der Waals surface area contributed by atoms with Crippen molar-refractivity contribution in [3.05, 3.63) is 90.0 Å². The monoisotopic (exact) mass is 487 g/mol. The highest BCUT2D eigenvalue weighted by Gasteiger charge is 2.26. The molecule has 0 atom stereocenters. The van der Waals surface area contributed by atoms with Crippen molar-refractivity contribution >= 4 is 32.7 Å². The zero-order valence-electron chi connectivity index (χ0n) is 20.0. The molecule has 7 nitrogen and oxygen atoms in total. The fraction of sp³-hybridized carbons (Fsp3) is 0.259. The minimum Gasteiger partial charge on any atom is -0.338 e. The summed E-state index contributed by atoms with van der Waals surface area (Å²) in [5.74, 6) is 0.946. The highest BCUT2D eigenvalue weighted by Crippen LogP contribution is 2.30. The third kappa shape index (κ3) is 4.85. The van der Waals surface area contributed by atoms with Crippen LogP contribution in [0.5, 0.6) is 0 Å². The van der Waals surface area contributed by atoms with Crippen molar-refractivity contribution in [3.8, 4) is 0 Å². The van der Waals surface area contributed by atoms with Crippen LogP contribution in [0.2, 0.25) is 0 Å². The summed E-state index contributed by atoms with van der Waals surface area (Å²) in [6.45, 7) is 6.17. The molecule has 180 valence electrons. The lowest BCUT2D eigenvalue weighted by atomic mass is 10.2. The van der Waals surface area contributed by atoms with Crippen LogP contribution in [0.15, 0.2) is 83.8 Å². The fourth-order valence-corrected chi connectivity index (χ4v) is 5.52.